The number of anilines is 1. The van der Waals surface area contributed by atoms with Gasteiger partial charge in [-0.15, -0.1) is 0 Å². The van der Waals surface area contributed by atoms with Crippen LogP contribution in [0.25, 0.3) is 21.8 Å². The second kappa shape index (κ2) is 9.03. The number of rotatable bonds is 6. The lowest BCUT2D eigenvalue weighted by atomic mass is 10.1. The predicted molar refractivity (Wildman–Crippen MR) is 130 cm³/mol. The number of imidazole rings is 1. The van der Waals surface area contributed by atoms with Crippen LogP contribution in [0, 0.1) is 0 Å². The van der Waals surface area contributed by atoms with Crippen molar-refractivity contribution in [2.75, 3.05) is 12.4 Å². The molecule has 0 fully saturated rings. The van der Waals surface area contributed by atoms with Gasteiger partial charge in [0.05, 0.1) is 23.7 Å². The molecule has 34 heavy (non-hydrogen) atoms. The molecule has 0 unspecified atom stereocenters. The second-order valence-corrected chi connectivity index (χ2v) is 7.69. The number of nitrogens with one attached hydrogen (secondary N) is 3. The largest absolute Gasteiger partial charge is 0.497 e. The van der Waals surface area contributed by atoms with Crippen LogP contribution >= 0.6 is 0 Å². The maximum absolute atomic E-state index is 12.9. The Labute approximate surface area is 195 Å². The molecule has 0 spiro atoms. The standard InChI is InChI=1S/C26H21N5O3/c1-34-19-9-4-6-16(12-19)14-28-24(32)20-10-5-11-21-23(20)30-26(29-21)31-25(33)22-13-17-7-2-3-8-18(17)15-27-22/h2-13,15H,14H2,1H3,(H,28,32)(H2,29,30,31,33). The summed E-state index contributed by atoms with van der Waals surface area (Å²) in [5, 5.41) is 7.52. The summed E-state index contributed by atoms with van der Waals surface area (Å²) >= 11 is 0. The summed E-state index contributed by atoms with van der Waals surface area (Å²) in [5.41, 5.74) is 2.72. The lowest BCUT2D eigenvalue weighted by molar-refractivity contribution is 0.0951. The molecule has 0 saturated carbocycles. The summed E-state index contributed by atoms with van der Waals surface area (Å²) in [7, 11) is 1.60. The van der Waals surface area contributed by atoms with Crippen molar-refractivity contribution in [3.63, 3.8) is 0 Å². The van der Waals surface area contributed by atoms with Crippen molar-refractivity contribution in [3.8, 4) is 5.75 Å². The van der Waals surface area contributed by atoms with Crippen molar-refractivity contribution in [1.29, 1.82) is 0 Å². The van der Waals surface area contributed by atoms with E-state index >= 15 is 0 Å². The van der Waals surface area contributed by atoms with Gasteiger partial charge in [0.15, 0.2) is 0 Å². The first kappa shape index (κ1) is 21.1. The second-order valence-electron chi connectivity index (χ2n) is 7.69. The molecule has 3 aromatic carbocycles. The van der Waals surface area contributed by atoms with Gasteiger partial charge < -0.3 is 15.0 Å². The van der Waals surface area contributed by atoms with E-state index in [0.717, 1.165) is 22.1 Å². The van der Waals surface area contributed by atoms with Crippen LogP contribution in [0.5, 0.6) is 5.75 Å². The highest BCUT2D eigenvalue weighted by atomic mass is 16.5. The third-order valence-electron chi connectivity index (χ3n) is 5.45. The van der Waals surface area contributed by atoms with Crippen LogP contribution in [0.1, 0.15) is 26.4 Å². The predicted octanol–water partition coefficient (Wildman–Crippen LogP) is 4.30. The number of carbonyl (C=O) groups excluding carboxylic acids is 2. The van der Waals surface area contributed by atoms with Crippen molar-refractivity contribution in [2.45, 2.75) is 6.54 Å². The molecule has 5 aromatic rings. The Morgan fingerprint density at radius 2 is 1.76 bits per heavy atom. The minimum absolute atomic E-state index is 0.239. The number of nitrogens with zero attached hydrogens (tertiary/aromatic N) is 2. The molecule has 8 heteroatoms. The monoisotopic (exact) mass is 451 g/mol. The van der Waals surface area contributed by atoms with E-state index in [1.165, 1.54) is 0 Å². The third-order valence-corrected chi connectivity index (χ3v) is 5.45. The first-order valence-corrected chi connectivity index (χ1v) is 10.7. The van der Waals surface area contributed by atoms with Gasteiger partial charge in [0, 0.05) is 18.1 Å². The minimum Gasteiger partial charge on any atom is -0.497 e. The number of hydrogen-bond acceptors (Lipinski definition) is 5. The van der Waals surface area contributed by atoms with E-state index in [9.17, 15) is 9.59 Å². The molecule has 0 aliphatic heterocycles. The van der Waals surface area contributed by atoms with Crippen LogP contribution in [-0.2, 0) is 6.54 Å². The van der Waals surface area contributed by atoms with Gasteiger partial charge in [0.2, 0.25) is 5.95 Å². The van der Waals surface area contributed by atoms with Gasteiger partial charge in [0.25, 0.3) is 11.8 Å². The first-order valence-electron chi connectivity index (χ1n) is 10.7. The van der Waals surface area contributed by atoms with Gasteiger partial charge >= 0.3 is 0 Å². The average molecular weight is 451 g/mol. The first-order chi connectivity index (χ1) is 16.6. The molecular formula is C26H21N5O3. The number of benzene rings is 3. The van der Waals surface area contributed by atoms with Crippen molar-refractivity contribution in [2.24, 2.45) is 0 Å². The normalized spacial score (nSPS) is 10.9. The summed E-state index contributed by atoms with van der Waals surface area (Å²) < 4.78 is 5.23. The van der Waals surface area contributed by atoms with E-state index in [4.69, 9.17) is 4.74 Å². The van der Waals surface area contributed by atoms with Crippen LogP contribution in [0.15, 0.2) is 79.0 Å². The molecule has 2 heterocycles. The quantitative estimate of drug-likeness (QED) is 0.357. The summed E-state index contributed by atoms with van der Waals surface area (Å²) in [6.45, 7) is 0.345. The Bertz CT molecular complexity index is 1530. The maximum Gasteiger partial charge on any atom is 0.276 e. The number of methoxy groups -OCH3 is 1. The summed E-state index contributed by atoms with van der Waals surface area (Å²) in [4.78, 5) is 37.3. The van der Waals surface area contributed by atoms with Crippen LogP contribution < -0.4 is 15.4 Å². The minimum atomic E-state index is -0.395. The molecule has 2 aromatic heterocycles. The summed E-state index contributed by atoms with van der Waals surface area (Å²) in [6.07, 6.45) is 1.66. The molecule has 0 atom stereocenters. The fourth-order valence-electron chi connectivity index (χ4n) is 3.72. The topological polar surface area (TPSA) is 109 Å². The van der Waals surface area contributed by atoms with Crippen molar-refractivity contribution >= 4 is 39.6 Å². The molecule has 0 aliphatic carbocycles. The van der Waals surface area contributed by atoms with Crippen molar-refractivity contribution in [1.82, 2.24) is 20.3 Å². The highest BCUT2D eigenvalue weighted by Crippen LogP contribution is 2.20. The zero-order valence-corrected chi connectivity index (χ0v) is 18.3. The fraction of sp³-hybridized carbons (Fsp3) is 0.0769. The van der Waals surface area contributed by atoms with Crippen LogP contribution in [0.2, 0.25) is 0 Å². The Morgan fingerprint density at radius 1 is 0.941 bits per heavy atom. The van der Waals surface area contributed by atoms with E-state index in [1.807, 2.05) is 48.5 Å². The average Bonchev–Trinajstić information content (AvgIpc) is 3.29. The molecule has 2 amide bonds. The summed E-state index contributed by atoms with van der Waals surface area (Å²) in [5.74, 6) is 0.312. The van der Waals surface area contributed by atoms with Gasteiger partial charge in [0.1, 0.15) is 11.4 Å². The molecule has 3 N–H and O–H groups in total. The molecule has 0 aliphatic rings. The van der Waals surface area contributed by atoms with E-state index in [1.54, 1.807) is 37.6 Å². The SMILES string of the molecule is COc1cccc(CNC(=O)c2cccc3nc(NC(=O)c4cc5ccccc5cn4)[nH]c23)c1. The number of aromatic nitrogens is 3. The van der Waals surface area contributed by atoms with Crippen molar-refractivity contribution < 1.29 is 14.3 Å². The number of fused-ring (bicyclic) bond motifs is 2. The number of pyridine rings is 1. The van der Waals surface area contributed by atoms with Gasteiger partial charge in [-0.25, -0.2) is 4.98 Å². The van der Waals surface area contributed by atoms with E-state index in [2.05, 4.69) is 25.6 Å². The molecule has 5 rings (SSSR count). The van der Waals surface area contributed by atoms with Gasteiger partial charge in [-0.1, -0.05) is 42.5 Å². The van der Waals surface area contributed by atoms with Crippen LogP contribution in [0.3, 0.4) is 0 Å². The van der Waals surface area contributed by atoms with Crippen molar-refractivity contribution in [3.05, 3.63) is 95.8 Å². The lowest BCUT2D eigenvalue weighted by Crippen LogP contribution is -2.23. The Hall–Kier alpha value is -4.72. The number of amides is 2. The number of carbonyl (C=O) groups is 2. The zero-order chi connectivity index (χ0) is 23.5. The number of ether oxygens (including phenoxy) is 1. The lowest BCUT2D eigenvalue weighted by Gasteiger charge is -2.07. The smallest absolute Gasteiger partial charge is 0.276 e. The van der Waals surface area contributed by atoms with Gasteiger partial charge in [-0.3, -0.25) is 19.9 Å². The van der Waals surface area contributed by atoms with E-state index in [-0.39, 0.29) is 17.5 Å². The van der Waals surface area contributed by atoms with E-state index < -0.39 is 5.91 Å². The fourth-order valence-corrected chi connectivity index (χ4v) is 3.72. The highest BCUT2D eigenvalue weighted by Gasteiger charge is 2.16. The molecule has 8 nitrogen and oxygen atoms in total. The Balaban J connectivity index is 1.34. The zero-order valence-electron chi connectivity index (χ0n) is 18.3. The number of H-pyrrole nitrogens is 1. The van der Waals surface area contributed by atoms with Gasteiger partial charge in [-0.05, 0) is 41.3 Å². The third kappa shape index (κ3) is 4.29. The number of aromatic amines is 1. The number of para-hydroxylation sites is 1. The molecular weight excluding hydrogens is 430 g/mol. The molecule has 0 radical (unpaired) electrons. The molecule has 0 bridgehead atoms. The van der Waals surface area contributed by atoms with Crippen LogP contribution in [-0.4, -0.2) is 33.9 Å². The highest BCUT2D eigenvalue weighted by molar-refractivity contribution is 6.07. The Kier molecular flexibility index (Phi) is 5.61. The van der Waals surface area contributed by atoms with E-state index in [0.29, 0.717) is 23.1 Å². The number of hydrogen-bond donors (Lipinski definition) is 3. The van der Waals surface area contributed by atoms with Gasteiger partial charge in [-0.2, -0.15) is 0 Å². The maximum atomic E-state index is 12.9. The molecule has 0 saturated heterocycles. The summed E-state index contributed by atoms with van der Waals surface area (Å²) in [6, 6.07) is 22.1. The Morgan fingerprint density at radius 3 is 2.62 bits per heavy atom. The molecule has 168 valence electrons. The van der Waals surface area contributed by atoms with Crippen LogP contribution in [0.4, 0.5) is 5.95 Å².